The van der Waals surface area contributed by atoms with Crippen LogP contribution in [0.1, 0.15) is 25.7 Å². The largest absolute Gasteiger partial charge is 0.496 e. The molecule has 2 aliphatic rings. The van der Waals surface area contributed by atoms with Crippen LogP contribution in [0, 0.1) is 5.92 Å². The number of carbonyl (C=O) groups is 1. The Morgan fingerprint density at radius 3 is 2.47 bits per heavy atom. The van der Waals surface area contributed by atoms with Gasteiger partial charge in [0.05, 0.1) is 18.2 Å². The zero-order valence-corrected chi connectivity index (χ0v) is 19.4. The molecule has 6 rings (SSSR count). The van der Waals surface area contributed by atoms with E-state index >= 15 is 0 Å². The first-order valence-corrected chi connectivity index (χ1v) is 12.1. The Morgan fingerprint density at radius 1 is 0.941 bits per heavy atom. The number of hydrogen-bond donors (Lipinski definition) is 0. The molecule has 1 aliphatic heterocycles. The van der Waals surface area contributed by atoms with E-state index in [1.807, 2.05) is 57.8 Å². The van der Waals surface area contributed by atoms with Gasteiger partial charge in [-0.25, -0.2) is 9.38 Å². The van der Waals surface area contributed by atoms with Crippen LogP contribution in [0.25, 0.3) is 27.9 Å². The molecule has 3 heterocycles. The standard InChI is InChI=1S/C26H28N6O2/c1-34-22-13-7-5-11-20(22)24-29-28-23-19-10-4-6-12-21(19)27-26(32(23)24)31-16-14-30(15-17-31)25(33)18-8-2-3-9-18/h4-7,10-13,18H,2-3,8-9,14-17H2,1H3. The Labute approximate surface area is 198 Å². The van der Waals surface area contributed by atoms with Gasteiger partial charge in [-0.05, 0) is 37.1 Å². The maximum atomic E-state index is 13.0. The third-order valence-corrected chi connectivity index (χ3v) is 7.15. The molecular weight excluding hydrogens is 428 g/mol. The molecule has 8 heteroatoms. The van der Waals surface area contributed by atoms with E-state index in [0.717, 1.165) is 59.7 Å². The number of benzene rings is 2. The van der Waals surface area contributed by atoms with E-state index in [-0.39, 0.29) is 5.92 Å². The molecule has 0 radical (unpaired) electrons. The average molecular weight is 457 g/mol. The number of anilines is 1. The molecule has 0 unspecified atom stereocenters. The summed E-state index contributed by atoms with van der Waals surface area (Å²) in [5.74, 6) is 2.78. The SMILES string of the molecule is COc1ccccc1-c1nnc2c3ccccc3nc(N3CCN(C(=O)C4CCCC4)CC3)n12. The van der Waals surface area contributed by atoms with Crippen molar-refractivity contribution in [3.63, 3.8) is 0 Å². The van der Waals surface area contributed by atoms with E-state index in [0.29, 0.717) is 24.8 Å². The fourth-order valence-corrected chi connectivity index (χ4v) is 5.34. The van der Waals surface area contributed by atoms with Crippen LogP contribution in [-0.4, -0.2) is 63.7 Å². The van der Waals surface area contributed by atoms with Crippen LogP contribution in [0.3, 0.4) is 0 Å². The molecule has 8 nitrogen and oxygen atoms in total. The van der Waals surface area contributed by atoms with E-state index in [4.69, 9.17) is 9.72 Å². The molecular formula is C26H28N6O2. The molecule has 2 fully saturated rings. The van der Waals surface area contributed by atoms with Gasteiger partial charge in [0.15, 0.2) is 11.5 Å². The van der Waals surface area contributed by atoms with Crippen molar-refractivity contribution in [1.29, 1.82) is 0 Å². The summed E-state index contributed by atoms with van der Waals surface area (Å²) < 4.78 is 7.66. The number of methoxy groups -OCH3 is 1. The number of amides is 1. The molecule has 0 spiro atoms. The van der Waals surface area contributed by atoms with E-state index < -0.39 is 0 Å². The lowest BCUT2D eigenvalue weighted by atomic mass is 10.1. The minimum atomic E-state index is 0.215. The molecule has 1 amide bonds. The molecule has 2 aromatic heterocycles. The average Bonchev–Trinajstić information content (AvgIpc) is 3.59. The number of nitrogens with zero attached hydrogens (tertiary/aromatic N) is 6. The first-order valence-electron chi connectivity index (χ1n) is 12.1. The second-order valence-electron chi connectivity index (χ2n) is 9.11. The Balaban J connectivity index is 1.41. The summed E-state index contributed by atoms with van der Waals surface area (Å²) in [5, 5.41) is 10.1. The Hall–Kier alpha value is -3.68. The van der Waals surface area contributed by atoms with Crippen LogP contribution >= 0.6 is 0 Å². The lowest BCUT2D eigenvalue weighted by molar-refractivity contribution is -0.135. The van der Waals surface area contributed by atoms with Gasteiger partial charge in [0, 0.05) is 37.5 Å². The monoisotopic (exact) mass is 456 g/mol. The molecule has 0 bridgehead atoms. The van der Waals surface area contributed by atoms with Crippen molar-refractivity contribution >= 4 is 28.4 Å². The lowest BCUT2D eigenvalue weighted by Crippen LogP contribution is -2.50. The fourth-order valence-electron chi connectivity index (χ4n) is 5.34. The second-order valence-corrected chi connectivity index (χ2v) is 9.11. The van der Waals surface area contributed by atoms with Gasteiger partial charge in [-0.2, -0.15) is 0 Å². The van der Waals surface area contributed by atoms with Gasteiger partial charge < -0.3 is 14.5 Å². The summed E-state index contributed by atoms with van der Waals surface area (Å²) >= 11 is 0. The van der Waals surface area contributed by atoms with Crippen LogP contribution in [0.15, 0.2) is 48.5 Å². The number of piperazine rings is 1. The molecule has 0 atom stereocenters. The van der Waals surface area contributed by atoms with E-state index in [9.17, 15) is 4.79 Å². The van der Waals surface area contributed by atoms with E-state index in [2.05, 4.69) is 15.1 Å². The number of aromatic nitrogens is 4. The summed E-state index contributed by atoms with van der Waals surface area (Å²) in [6.07, 6.45) is 4.42. The number of carbonyl (C=O) groups excluding carboxylic acids is 1. The highest BCUT2D eigenvalue weighted by Gasteiger charge is 2.31. The van der Waals surface area contributed by atoms with Crippen LogP contribution in [-0.2, 0) is 4.79 Å². The predicted molar refractivity (Wildman–Crippen MR) is 131 cm³/mol. The summed E-state index contributed by atoms with van der Waals surface area (Å²) in [6, 6.07) is 15.9. The summed E-state index contributed by atoms with van der Waals surface area (Å²) in [6.45, 7) is 2.86. The van der Waals surface area contributed by atoms with Gasteiger partial charge >= 0.3 is 0 Å². The van der Waals surface area contributed by atoms with Gasteiger partial charge in [0.2, 0.25) is 11.9 Å². The van der Waals surface area contributed by atoms with Crippen LogP contribution in [0.5, 0.6) is 5.75 Å². The highest BCUT2D eigenvalue weighted by atomic mass is 16.5. The minimum absolute atomic E-state index is 0.215. The zero-order valence-electron chi connectivity index (χ0n) is 19.4. The quantitative estimate of drug-likeness (QED) is 0.465. The number of fused-ring (bicyclic) bond motifs is 3. The molecule has 1 aliphatic carbocycles. The number of ether oxygens (including phenoxy) is 1. The number of hydrogen-bond acceptors (Lipinski definition) is 6. The third-order valence-electron chi connectivity index (χ3n) is 7.15. The van der Waals surface area contributed by atoms with E-state index in [1.165, 1.54) is 12.8 Å². The van der Waals surface area contributed by atoms with Crippen LogP contribution in [0.2, 0.25) is 0 Å². The summed E-state index contributed by atoms with van der Waals surface area (Å²) in [5.41, 5.74) is 2.52. The predicted octanol–water partition coefficient (Wildman–Crippen LogP) is 3.79. The number of rotatable bonds is 4. The molecule has 0 N–H and O–H groups in total. The Morgan fingerprint density at radius 2 is 1.68 bits per heavy atom. The maximum absolute atomic E-state index is 13.0. The molecule has 2 aromatic carbocycles. The smallest absolute Gasteiger partial charge is 0.225 e. The topological polar surface area (TPSA) is 75.9 Å². The van der Waals surface area contributed by atoms with E-state index in [1.54, 1.807) is 7.11 Å². The first kappa shape index (κ1) is 20.9. The second kappa shape index (κ2) is 8.59. The van der Waals surface area contributed by atoms with Gasteiger partial charge in [0.25, 0.3) is 0 Å². The Bertz CT molecular complexity index is 1350. The highest BCUT2D eigenvalue weighted by molar-refractivity contribution is 5.93. The van der Waals surface area contributed by atoms with Crippen LogP contribution < -0.4 is 9.64 Å². The minimum Gasteiger partial charge on any atom is -0.496 e. The molecule has 4 aromatic rings. The summed E-state index contributed by atoms with van der Waals surface area (Å²) in [7, 11) is 1.66. The van der Waals surface area contributed by atoms with Crippen LogP contribution in [0.4, 0.5) is 5.95 Å². The molecule has 174 valence electrons. The van der Waals surface area contributed by atoms with Gasteiger partial charge in [0.1, 0.15) is 5.75 Å². The fraction of sp³-hybridized carbons (Fsp3) is 0.385. The van der Waals surface area contributed by atoms with Crippen molar-refractivity contribution in [2.24, 2.45) is 5.92 Å². The van der Waals surface area contributed by atoms with Crippen molar-refractivity contribution in [3.8, 4) is 17.1 Å². The molecule has 1 saturated carbocycles. The summed E-state index contributed by atoms with van der Waals surface area (Å²) in [4.78, 5) is 22.3. The van der Waals surface area contributed by atoms with Crippen molar-refractivity contribution in [2.45, 2.75) is 25.7 Å². The molecule has 34 heavy (non-hydrogen) atoms. The lowest BCUT2D eigenvalue weighted by Gasteiger charge is -2.36. The van der Waals surface area contributed by atoms with Crippen molar-refractivity contribution in [1.82, 2.24) is 24.5 Å². The maximum Gasteiger partial charge on any atom is 0.225 e. The van der Waals surface area contributed by atoms with Gasteiger partial charge in [-0.3, -0.25) is 4.79 Å². The van der Waals surface area contributed by atoms with Gasteiger partial charge in [-0.15, -0.1) is 10.2 Å². The first-order chi connectivity index (χ1) is 16.7. The van der Waals surface area contributed by atoms with Crippen molar-refractivity contribution < 1.29 is 9.53 Å². The molecule has 1 saturated heterocycles. The van der Waals surface area contributed by atoms with Crippen molar-refractivity contribution in [3.05, 3.63) is 48.5 Å². The van der Waals surface area contributed by atoms with Gasteiger partial charge in [-0.1, -0.05) is 37.1 Å². The van der Waals surface area contributed by atoms with Crippen molar-refractivity contribution in [2.75, 3.05) is 38.2 Å². The highest BCUT2D eigenvalue weighted by Crippen LogP contribution is 2.33. The normalized spacial score (nSPS) is 17.1. The third kappa shape index (κ3) is 3.45. The Kier molecular flexibility index (Phi) is 5.28. The number of para-hydroxylation sites is 2. The zero-order chi connectivity index (χ0) is 23.1.